The molecule has 0 N–H and O–H groups in total. The molecular weight excluding hydrogens is 244 g/mol. The number of rotatable bonds is 5. The zero-order valence-corrected chi connectivity index (χ0v) is 13.2. The molecule has 3 atom stereocenters. The van der Waals surface area contributed by atoms with E-state index in [1.807, 2.05) is 58.9 Å². The van der Waals surface area contributed by atoms with Crippen LogP contribution in [0.2, 0.25) is 0 Å². The van der Waals surface area contributed by atoms with Gasteiger partial charge in [-0.3, -0.25) is 4.21 Å². The summed E-state index contributed by atoms with van der Waals surface area (Å²) >= 11 is 0. The fourth-order valence-corrected chi connectivity index (χ4v) is 3.17. The van der Waals surface area contributed by atoms with E-state index in [1.54, 1.807) is 7.11 Å². The topological polar surface area (TPSA) is 26.3 Å². The van der Waals surface area contributed by atoms with Crippen LogP contribution in [0.25, 0.3) is 0 Å². The molecule has 1 rings (SSSR count). The smallest absolute Gasteiger partial charge is 0.0690 e. The maximum absolute atomic E-state index is 12.3. The van der Waals surface area contributed by atoms with Gasteiger partial charge in [-0.2, -0.15) is 0 Å². The van der Waals surface area contributed by atoms with E-state index in [2.05, 4.69) is 0 Å². The molecule has 0 aliphatic carbocycles. The van der Waals surface area contributed by atoms with Gasteiger partial charge in [-0.05, 0) is 32.4 Å². The highest BCUT2D eigenvalue weighted by Gasteiger charge is 2.22. The summed E-state index contributed by atoms with van der Waals surface area (Å²) in [4.78, 5) is 0.890. The third kappa shape index (κ3) is 4.91. The summed E-state index contributed by atoms with van der Waals surface area (Å²) in [5.74, 6) is 0. The maximum atomic E-state index is 12.3. The third-order valence-electron chi connectivity index (χ3n) is 2.83. The second-order valence-electron chi connectivity index (χ2n) is 4.00. The Labute approximate surface area is 114 Å². The van der Waals surface area contributed by atoms with Crippen LogP contribution in [0.15, 0.2) is 29.2 Å². The first-order valence-electron chi connectivity index (χ1n) is 6.60. The van der Waals surface area contributed by atoms with Gasteiger partial charge < -0.3 is 4.74 Å². The highest BCUT2D eigenvalue weighted by Crippen LogP contribution is 2.18. The number of hydrogen-bond acceptors (Lipinski definition) is 2. The summed E-state index contributed by atoms with van der Waals surface area (Å²) in [5.41, 5.74) is 1.19. The van der Waals surface area contributed by atoms with Gasteiger partial charge in [0, 0.05) is 12.0 Å². The van der Waals surface area contributed by atoms with Crippen LogP contribution in [0.3, 0.4) is 0 Å². The molecule has 104 valence electrons. The lowest BCUT2D eigenvalue weighted by molar-refractivity contribution is 0.114. The molecule has 0 bridgehead atoms. The molecule has 1 aromatic carbocycles. The quantitative estimate of drug-likeness (QED) is 0.810. The Kier molecular flexibility index (Phi) is 8.94. The summed E-state index contributed by atoms with van der Waals surface area (Å²) in [6.45, 7) is 10.0. The minimum absolute atomic E-state index is 0.0205. The Hall–Kier alpha value is -0.670. The number of hydrogen-bond donors (Lipinski definition) is 0. The van der Waals surface area contributed by atoms with Crippen molar-refractivity contribution in [3.8, 4) is 0 Å². The predicted octanol–water partition coefficient (Wildman–Crippen LogP) is 3.94. The number of methoxy groups -OCH3 is 1. The largest absolute Gasteiger partial charge is 0.380 e. The third-order valence-corrected chi connectivity index (χ3v) is 4.83. The van der Waals surface area contributed by atoms with E-state index in [1.165, 1.54) is 5.56 Å². The number of benzene rings is 1. The second-order valence-corrected chi connectivity index (χ2v) is 5.67. The summed E-state index contributed by atoms with van der Waals surface area (Å²) in [7, 11) is 0.682. The lowest BCUT2D eigenvalue weighted by Crippen LogP contribution is -2.29. The first-order valence-corrected chi connectivity index (χ1v) is 7.81. The van der Waals surface area contributed by atoms with Gasteiger partial charge in [-0.1, -0.05) is 38.5 Å². The fourth-order valence-electron chi connectivity index (χ4n) is 1.66. The van der Waals surface area contributed by atoms with E-state index in [4.69, 9.17) is 4.74 Å². The van der Waals surface area contributed by atoms with Crippen molar-refractivity contribution in [2.75, 3.05) is 7.11 Å². The van der Waals surface area contributed by atoms with Crippen LogP contribution in [0, 0.1) is 6.92 Å². The van der Waals surface area contributed by atoms with Crippen molar-refractivity contribution in [2.24, 2.45) is 0 Å². The van der Waals surface area contributed by atoms with E-state index < -0.39 is 10.8 Å². The Bertz CT molecular complexity index is 346. The van der Waals surface area contributed by atoms with E-state index in [-0.39, 0.29) is 11.4 Å². The Balaban J connectivity index is 0.00000137. The van der Waals surface area contributed by atoms with Gasteiger partial charge >= 0.3 is 0 Å². The second kappa shape index (κ2) is 9.29. The summed E-state index contributed by atoms with van der Waals surface area (Å²) in [6.07, 6.45) is 0.877. The lowest BCUT2D eigenvalue weighted by atomic mass is 10.2. The molecule has 0 aliphatic rings. The van der Waals surface area contributed by atoms with Gasteiger partial charge in [-0.25, -0.2) is 0 Å². The van der Waals surface area contributed by atoms with Crippen LogP contribution < -0.4 is 0 Å². The van der Waals surface area contributed by atoms with E-state index in [9.17, 15) is 4.21 Å². The highest BCUT2D eigenvalue weighted by molar-refractivity contribution is 7.85. The molecule has 0 radical (unpaired) electrons. The van der Waals surface area contributed by atoms with Gasteiger partial charge in [0.05, 0.1) is 22.2 Å². The van der Waals surface area contributed by atoms with Crippen molar-refractivity contribution >= 4 is 10.8 Å². The molecule has 18 heavy (non-hydrogen) atoms. The Morgan fingerprint density at radius 1 is 1.22 bits per heavy atom. The molecule has 0 aromatic heterocycles. The highest BCUT2D eigenvalue weighted by atomic mass is 32.2. The zero-order chi connectivity index (χ0) is 14.1. The van der Waals surface area contributed by atoms with E-state index in [0.717, 1.165) is 11.3 Å². The number of aryl methyl sites for hydroxylation is 1. The van der Waals surface area contributed by atoms with Crippen molar-refractivity contribution in [1.29, 1.82) is 0 Å². The molecule has 1 aromatic rings. The first kappa shape index (κ1) is 17.3. The molecule has 0 saturated carbocycles. The zero-order valence-electron chi connectivity index (χ0n) is 12.4. The molecule has 2 nitrogen and oxygen atoms in total. The maximum Gasteiger partial charge on any atom is 0.0690 e. The molecule has 0 spiro atoms. The van der Waals surface area contributed by atoms with Crippen molar-refractivity contribution in [2.45, 2.75) is 57.3 Å². The summed E-state index contributed by atoms with van der Waals surface area (Å²) in [6, 6.07) is 7.88. The molecule has 3 heteroatoms. The molecule has 0 heterocycles. The molecule has 0 fully saturated rings. The van der Waals surface area contributed by atoms with E-state index in [0.29, 0.717) is 0 Å². The van der Waals surface area contributed by atoms with Crippen LogP contribution >= 0.6 is 0 Å². The standard InChI is InChI=1S/C13H20O2S.C2H6/c1-5-13(11(3)15-4)16(14)12-8-6-10(2)7-9-12;1-2/h6-9,11,13H,5H2,1-4H3;1-2H3. The van der Waals surface area contributed by atoms with Crippen molar-refractivity contribution in [3.05, 3.63) is 29.8 Å². The first-order chi connectivity index (χ1) is 8.60. The van der Waals surface area contributed by atoms with Crippen molar-refractivity contribution in [1.82, 2.24) is 0 Å². The fraction of sp³-hybridized carbons (Fsp3) is 0.600. The normalized spacial score (nSPS) is 15.2. The van der Waals surface area contributed by atoms with Gasteiger partial charge in [0.15, 0.2) is 0 Å². The van der Waals surface area contributed by atoms with Crippen molar-refractivity contribution in [3.63, 3.8) is 0 Å². The minimum atomic E-state index is -0.984. The Morgan fingerprint density at radius 3 is 2.11 bits per heavy atom. The van der Waals surface area contributed by atoms with Crippen LogP contribution in [0.4, 0.5) is 0 Å². The van der Waals surface area contributed by atoms with Gasteiger partial charge in [0.25, 0.3) is 0 Å². The average molecular weight is 270 g/mol. The molecule has 0 amide bonds. The summed E-state index contributed by atoms with van der Waals surface area (Å²) < 4.78 is 17.6. The lowest BCUT2D eigenvalue weighted by Gasteiger charge is -2.20. The van der Waals surface area contributed by atoms with Gasteiger partial charge in [0.1, 0.15) is 0 Å². The molecular formula is C15H26O2S. The molecule has 0 aliphatic heterocycles. The SMILES string of the molecule is CC.CCC(C(C)OC)S(=O)c1ccc(C)cc1. The van der Waals surface area contributed by atoms with E-state index >= 15 is 0 Å². The van der Waals surface area contributed by atoms with Crippen LogP contribution in [0.5, 0.6) is 0 Å². The summed E-state index contributed by atoms with van der Waals surface area (Å²) in [5, 5.41) is 0.0627. The number of ether oxygens (including phenoxy) is 1. The average Bonchev–Trinajstić information content (AvgIpc) is 2.42. The predicted molar refractivity (Wildman–Crippen MR) is 79.5 cm³/mol. The molecule has 3 unspecified atom stereocenters. The van der Waals surface area contributed by atoms with Crippen LogP contribution in [-0.2, 0) is 15.5 Å². The van der Waals surface area contributed by atoms with Crippen molar-refractivity contribution < 1.29 is 8.95 Å². The minimum Gasteiger partial charge on any atom is -0.380 e. The van der Waals surface area contributed by atoms with Crippen LogP contribution in [0.1, 0.15) is 39.7 Å². The monoisotopic (exact) mass is 270 g/mol. The van der Waals surface area contributed by atoms with Crippen LogP contribution in [-0.4, -0.2) is 22.7 Å². The molecule has 0 saturated heterocycles. The Morgan fingerprint density at radius 2 is 1.72 bits per heavy atom. The van der Waals surface area contributed by atoms with Gasteiger partial charge in [0.2, 0.25) is 0 Å². The van der Waals surface area contributed by atoms with Gasteiger partial charge in [-0.15, -0.1) is 0 Å².